The van der Waals surface area contributed by atoms with Gasteiger partial charge in [0.15, 0.2) is 6.61 Å². The fourth-order valence-electron chi connectivity index (χ4n) is 7.56. The van der Waals surface area contributed by atoms with Crippen LogP contribution in [0, 0.1) is 0 Å². The molecule has 0 heterocycles. The zero-order chi connectivity index (χ0) is 38.8. The maximum absolute atomic E-state index is 12.7. The van der Waals surface area contributed by atoms with Gasteiger partial charge < -0.3 is 19.1 Å². The van der Waals surface area contributed by atoms with E-state index in [4.69, 9.17) is 14.0 Å². The molecule has 0 radical (unpaired) electrons. The first-order valence-electron chi connectivity index (χ1n) is 23.9. The molecule has 0 aliphatic rings. The quantitative estimate of drug-likeness (QED) is 0.0476. The molecule has 0 bridgehead atoms. The molecule has 1 unspecified atom stereocenters. The molecule has 0 saturated heterocycles. The van der Waals surface area contributed by atoms with E-state index in [2.05, 4.69) is 20.8 Å². The predicted octanol–water partition coefficient (Wildman–Crippen LogP) is 14.7. The van der Waals surface area contributed by atoms with Gasteiger partial charge in [-0.3, -0.25) is 0 Å². The van der Waals surface area contributed by atoms with Crippen molar-refractivity contribution in [2.24, 2.45) is 0 Å². The van der Waals surface area contributed by atoms with Gasteiger partial charge in [0.25, 0.3) is 0 Å². The Morgan fingerprint density at radius 3 is 0.925 bits per heavy atom. The third-order valence-electron chi connectivity index (χ3n) is 11.2. The zero-order valence-corrected chi connectivity index (χ0v) is 37.1. The summed E-state index contributed by atoms with van der Waals surface area (Å²) in [6, 6.07) is 0. The lowest BCUT2D eigenvalue weighted by atomic mass is 10.1. The molecule has 0 amide bonds. The second-order valence-electron chi connectivity index (χ2n) is 16.5. The highest BCUT2D eigenvalue weighted by Crippen LogP contribution is 2.52. The van der Waals surface area contributed by atoms with E-state index in [1.54, 1.807) is 0 Å². The molecule has 2 N–H and O–H groups in total. The molecule has 0 spiro atoms. The van der Waals surface area contributed by atoms with E-state index in [9.17, 15) is 9.90 Å². The maximum Gasteiger partial charge on any atom is 0.333 e. The SMILES string of the molecule is CCCCCCCCCCCCCCS(CCCCCCCCCCCCCC)(CCCCCCCCCCCCCC)OCC(=O)OCC(O)CO. The minimum atomic E-state index is -1.39. The van der Waals surface area contributed by atoms with E-state index >= 15 is 0 Å². The van der Waals surface area contributed by atoms with E-state index in [1.807, 2.05) is 0 Å². The lowest BCUT2D eigenvalue weighted by Gasteiger charge is -2.40. The summed E-state index contributed by atoms with van der Waals surface area (Å²) in [7, 11) is -1.39. The van der Waals surface area contributed by atoms with Crippen LogP contribution in [-0.4, -0.2) is 59.4 Å². The molecule has 0 aliphatic heterocycles. The topological polar surface area (TPSA) is 76.0 Å². The Morgan fingerprint density at radius 2 is 0.679 bits per heavy atom. The molecule has 53 heavy (non-hydrogen) atoms. The Balaban J connectivity index is 4.96. The monoisotopic (exact) mass is 773 g/mol. The maximum atomic E-state index is 12.7. The molecule has 5 nitrogen and oxygen atoms in total. The number of carbonyl (C=O) groups excluding carboxylic acids is 1. The summed E-state index contributed by atoms with van der Waals surface area (Å²) in [4.78, 5) is 12.7. The largest absolute Gasteiger partial charge is 0.461 e. The molecule has 0 fully saturated rings. The summed E-state index contributed by atoms with van der Waals surface area (Å²) in [5.74, 6) is 2.90. The Hall–Kier alpha value is -0.300. The Labute approximate surface area is 334 Å². The van der Waals surface area contributed by atoms with Crippen molar-refractivity contribution < 1.29 is 23.9 Å². The van der Waals surface area contributed by atoms with Crippen LogP contribution in [-0.2, 0) is 13.7 Å². The molecule has 0 rings (SSSR count). The van der Waals surface area contributed by atoms with Crippen molar-refractivity contribution in [3.05, 3.63) is 0 Å². The van der Waals surface area contributed by atoms with Crippen LogP contribution in [0.5, 0.6) is 0 Å². The van der Waals surface area contributed by atoms with Gasteiger partial charge in [0.1, 0.15) is 12.7 Å². The second kappa shape index (κ2) is 42.8. The highest BCUT2D eigenvalue weighted by Gasteiger charge is 2.26. The van der Waals surface area contributed by atoms with E-state index in [0.29, 0.717) is 0 Å². The van der Waals surface area contributed by atoms with E-state index in [1.165, 1.54) is 231 Å². The number of carbonyl (C=O) groups is 1. The van der Waals surface area contributed by atoms with E-state index < -0.39 is 29.0 Å². The second-order valence-corrected chi connectivity index (χ2v) is 19.9. The highest BCUT2D eigenvalue weighted by molar-refractivity contribution is 8.29. The first-order valence-corrected chi connectivity index (χ1v) is 25.9. The minimum Gasteiger partial charge on any atom is -0.461 e. The van der Waals surface area contributed by atoms with Crippen LogP contribution in [0.25, 0.3) is 0 Å². The smallest absolute Gasteiger partial charge is 0.333 e. The van der Waals surface area contributed by atoms with Gasteiger partial charge in [0.2, 0.25) is 0 Å². The summed E-state index contributed by atoms with van der Waals surface area (Å²) in [6.07, 6.45) is 47.5. The van der Waals surface area contributed by atoms with Gasteiger partial charge in [-0.05, 0) is 36.5 Å². The van der Waals surface area contributed by atoms with Crippen LogP contribution in [0.4, 0.5) is 0 Å². The number of aliphatic hydroxyl groups excluding tert-OH is 2. The molecule has 0 aromatic rings. The van der Waals surface area contributed by atoms with Crippen molar-refractivity contribution in [1.29, 1.82) is 0 Å². The first kappa shape index (κ1) is 52.7. The van der Waals surface area contributed by atoms with Crippen molar-refractivity contribution >= 4 is 16.3 Å². The van der Waals surface area contributed by atoms with E-state index in [0.717, 1.165) is 17.3 Å². The minimum absolute atomic E-state index is 0.0255. The lowest BCUT2D eigenvalue weighted by molar-refractivity contribution is -0.149. The van der Waals surface area contributed by atoms with Crippen molar-refractivity contribution in [2.75, 3.05) is 37.1 Å². The van der Waals surface area contributed by atoms with Crippen LogP contribution < -0.4 is 0 Å². The van der Waals surface area contributed by atoms with Gasteiger partial charge in [-0.25, -0.2) is 4.79 Å². The third-order valence-corrected chi connectivity index (χ3v) is 14.9. The molecule has 0 aromatic carbocycles. The molecule has 1 atom stereocenters. The van der Waals surface area contributed by atoms with Crippen molar-refractivity contribution in [3.63, 3.8) is 0 Å². The van der Waals surface area contributed by atoms with Crippen molar-refractivity contribution in [1.82, 2.24) is 0 Å². The number of ether oxygens (including phenoxy) is 1. The number of esters is 1. The number of hydrogen-bond donors (Lipinski definition) is 2. The lowest BCUT2D eigenvalue weighted by Crippen LogP contribution is -2.26. The molecule has 0 aromatic heterocycles. The summed E-state index contributed by atoms with van der Waals surface area (Å²) >= 11 is 0. The zero-order valence-electron chi connectivity index (χ0n) is 36.3. The number of hydrogen-bond acceptors (Lipinski definition) is 5. The fraction of sp³-hybridized carbons (Fsp3) is 0.979. The third kappa shape index (κ3) is 38.4. The highest BCUT2D eigenvalue weighted by atomic mass is 32.3. The summed E-state index contributed by atoms with van der Waals surface area (Å²) < 4.78 is 12.0. The van der Waals surface area contributed by atoms with Crippen LogP contribution in [0.1, 0.15) is 252 Å². The molecule has 320 valence electrons. The summed E-state index contributed by atoms with van der Waals surface area (Å²) in [6.45, 7) is 6.27. The molecule has 0 saturated carbocycles. The Morgan fingerprint density at radius 1 is 0.434 bits per heavy atom. The van der Waals surface area contributed by atoms with Gasteiger partial charge in [0, 0.05) is 0 Å². The van der Waals surface area contributed by atoms with E-state index in [-0.39, 0.29) is 13.2 Å². The average molecular weight is 773 g/mol. The molecule has 6 heteroatoms. The standard InChI is InChI=1S/C47H96O5S/c1-4-7-10-13-16-19-22-25-28-31-34-37-40-53(52-45-47(50)51-44-46(49)43-48,41-38-35-32-29-26-23-20-17-14-11-8-5-2)42-39-36-33-30-27-24-21-18-15-12-9-6-3/h46,48-49H,4-45H2,1-3H3. The van der Waals surface area contributed by atoms with Gasteiger partial charge in [-0.2, -0.15) is 0 Å². The van der Waals surface area contributed by atoms with Crippen molar-refractivity contribution in [3.8, 4) is 0 Å². The van der Waals surface area contributed by atoms with Crippen LogP contribution >= 0.6 is 10.3 Å². The van der Waals surface area contributed by atoms with Crippen LogP contribution in [0.3, 0.4) is 0 Å². The molecular formula is C47H96O5S. The predicted molar refractivity (Wildman–Crippen MR) is 235 cm³/mol. The van der Waals surface area contributed by atoms with Crippen LogP contribution in [0.15, 0.2) is 0 Å². The van der Waals surface area contributed by atoms with Crippen LogP contribution in [0.2, 0.25) is 0 Å². The first-order chi connectivity index (χ1) is 26.0. The Bertz CT molecular complexity index is 650. The molecule has 0 aliphatic carbocycles. The van der Waals surface area contributed by atoms with Gasteiger partial charge in [0.05, 0.1) is 6.61 Å². The normalized spacial score (nSPS) is 12.8. The van der Waals surface area contributed by atoms with Crippen molar-refractivity contribution in [2.45, 2.75) is 258 Å². The summed E-state index contributed by atoms with van der Waals surface area (Å²) in [5, 5.41) is 18.9. The summed E-state index contributed by atoms with van der Waals surface area (Å²) in [5.41, 5.74) is 0. The van der Waals surface area contributed by atoms with Gasteiger partial charge in [-0.1, -0.05) is 233 Å². The van der Waals surface area contributed by atoms with Gasteiger partial charge in [-0.15, -0.1) is 10.3 Å². The average Bonchev–Trinajstić information content (AvgIpc) is 3.17. The number of rotatable bonds is 45. The van der Waals surface area contributed by atoms with Gasteiger partial charge >= 0.3 is 5.97 Å². The molecular weight excluding hydrogens is 677 g/mol. The number of unbranched alkanes of at least 4 members (excludes halogenated alkanes) is 33. The Kier molecular flexibility index (Phi) is 42.6. The fourth-order valence-corrected chi connectivity index (χ4v) is 11.1. The number of aliphatic hydroxyl groups is 2.